The second-order valence-corrected chi connectivity index (χ2v) is 4.78. The molecule has 1 amide bonds. The summed E-state index contributed by atoms with van der Waals surface area (Å²) in [6.45, 7) is 2.94. The van der Waals surface area contributed by atoms with Crippen molar-refractivity contribution in [2.45, 2.75) is 19.4 Å². The molecule has 2 heterocycles. The van der Waals surface area contributed by atoms with Crippen molar-refractivity contribution < 1.29 is 13.6 Å². The highest BCUT2D eigenvalue weighted by molar-refractivity contribution is 5.79. The van der Waals surface area contributed by atoms with Gasteiger partial charge in [-0.2, -0.15) is 13.9 Å². The molecule has 5 nitrogen and oxygen atoms in total. The number of amides is 1. The number of carbonyl (C=O) groups excluding carboxylic acids is 1. The lowest BCUT2D eigenvalue weighted by Crippen LogP contribution is -2.38. The van der Waals surface area contributed by atoms with Crippen LogP contribution in [-0.4, -0.2) is 58.1 Å². The zero-order valence-corrected chi connectivity index (χ0v) is 10.9. The summed E-state index contributed by atoms with van der Waals surface area (Å²) in [6.07, 6.45) is 1.56. The van der Waals surface area contributed by atoms with Crippen molar-refractivity contribution in [1.82, 2.24) is 19.6 Å². The molecule has 0 spiro atoms. The Labute approximate surface area is 110 Å². The van der Waals surface area contributed by atoms with Gasteiger partial charge in [0.1, 0.15) is 0 Å². The van der Waals surface area contributed by atoms with E-state index in [1.54, 1.807) is 10.9 Å². The predicted molar refractivity (Wildman–Crippen MR) is 65.7 cm³/mol. The smallest absolute Gasteiger partial charge is 0.315 e. The maximum absolute atomic E-state index is 12.4. The van der Waals surface area contributed by atoms with E-state index in [0.717, 1.165) is 25.1 Å². The van der Waals surface area contributed by atoms with Crippen LogP contribution in [0.2, 0.25) is 0 Å². The topological polar surface area (TPSA) is 41.4 Å². The van der Waals surface area contributed by atoms with Crippen LogP contribution in [0.5, 0.6) is 0 Å². The summed E-state index contributed by atoms with van der Waals surface area (Å²) in [7, 11) is 1.86. The lowest BCUT2D eigenvalue weighted by Gasteiger charge is -2.21. The minimum Gasteiger partial charge on any atom is -0.336 e. The molecule has 1 aromatic rings. The molecule has 0 N–H and O–H groups in total. The van der Waals surface area contributed by atoms with Crippen molar-refractivity contribution in [3.8, 4) is 0 Å². The van der Waals surface area contributed by atoms with Gasteiger partial charge in [-0.05, 0) is 6.42 Å². The Kier molecular flexibility index (Phi) is 4.47. The van der Waals surface area contributed by atoms with Crippen LogP contribution in [0.4, 0.5) is 8.78 Å². The summed E-state index contributed by atoms with van der Waals surface area (Å²) in [6, 6.07) is 0. The van der Waals surface area contributed by atoms with Gasteiger partial charge in [-0.1, -0.05) is 0 Å². The molecule has 2 rings (SSSR count). The fourth-order valence-electron chi connectivity index (χ4n) is 2.30. The van der Waals surface area contributed by atoms with Crippen molar-refractivity contribution >= 4 is 5.91 Å². The second kappa shape index (κ2) is 6.10. The highest BCUT2D eigenvalue weighted by atomic mass is 19.3. The number of aryl methyl sites for hydroxylation is 1. The lowest BCUT2D eigenvalue weighted by atomic mass is 10.3. The van der Waals surface area contributed by atoms with E-state index >= 15 is 0 Å². The normalized spacial score (nSPS) is 17.8. The van der Waals surface area contributed by atoms with Gasteiger partial charge in [0.25, 0.3) is 5.91 Å². The molecule has 7 heteroatoms. The first-order chi connectivity index (χ1) is 9.06. The van der Waals surface area contributed by atoms with Crippen LogP contribution in [0.3, 0.4) is 0 Å². The number of aromatic nitrogens is 2. The molecule has 1 aliphatic heterocycles. The summed E-state index contributed by atoms with van der Waals surface area (Å²) >= 11 is 0. The van der Waals surface area contributed by atoms with Crippen molar-refractivity contribution in [2.75, 3.05) is 26.2 Å². The quantitative estimate of drug-likeness (QED) is 0.814. The Morgan fingerprint density at radius 2 is 2.16 bits per heavy atom. The molecule has 0 aliphatic carbocycles. The van der Waals surface area contributed by atoms with Crippen LogP contribution < -0.4 is 0 Å². The van der Waals surface area contributed by atoms with Gasteiger partial charge in [0.2, 0.25) is 0 Å². The van der Waals surface area contributed by atoms with Gasteiger partial charge < -0.3 is 4.90 Å². The predicted octanol–water partition coefficient (Wildman–Crippen LogP) is 0.719. The number of rotatable bonds is 3. The number of halogens is 2. The largest absolute Gasteiger partial charge is 0.336 e. The van der Waals surface area contributed by atoms with Gasteiger partial charge in [-0.15, -0.1) is 0 Å². The highest BCUT2D eigenvalue weighted by Gasteiger charge is 2.25. The Morgan fingerprint density at radius 1 is 1.37 bits per heavy atom. The molecule has 1 aromatic heterocycles. The monoisotopic (exact) mass is 272 g/mol. The first-order valence-electron chi connectivity index (χ1n) is 6.33. The van der Waals surface area contributed by atoms with Crippen LogP contribution in [0.15, 0.2) is 12.4 Å². The summed E-state index contributed by atoms with van der Waals surface area (Å²) < 4.78 is 26.5. The minimum atomic E-state index is -2.90. The number of hydrogen-bond acceptors (Lipinski definition) is 3. The summed E-state index contributed by atoms with van der Waals surface area (Å²) in [5.41, 5.74) is 1.09. The summed E-state index contributed by atoms with van der Waals surface area (Å²) in [5, 5.41) is 4.10. The number of nitrogens with zero attached hydrogens (tertiary/aromatic N) is 4. The fourth-order valence-corrected chi connectivity index (χ4v) is 2.30. The summed E-state index contributed by atoms with van der Waals surface area (Å²) in [5.74, 6) is -1.05. The number of alkyl halides is 2. The molecule has 1 aliphatic rings. The molecule has 106 valence electrons. The standard InChI is InChI=1S/C12H18F2N4O/c1-16-8-10(7-15-16)9-17-3-2-4-18(6-5-17)12(19)11(13)14/h7-8,11H,2-6,9H2,1H3. The molecule has 1 saturated heterocycles. The van der Waals surface area contributed by atoms with E-state index in [4.69, 9.17) is 0 Å². The maximum atomic E-state index is 12.4. The van der Waals surface area contributed by atoms with Gasteiger partial charge in [-0.25, -0.2) is 0 Å². The first-order valence-corrected chi connectivity index (χ1v) is 6.33. The molecule has 0 atom stereocenters. The number of hydrogen-bond donors (Lipinski definition) is 0. The van der Waals surface area contributed by atoms with E-state index in [0.29, 0.717) is 19.6 Å². The Bertz CT molecular complexity index is 435. The van der Waals surface area contributed by atoms with Gasteiger partial charge in [0, 0.05) is 51.5 Å². The zero-order chi connectivity index (χ0) is 13.8. The first kappa shape index (κ1) is 13.9. The van der Waals surface area contributed by atoms with Crippen LogP contribution >= 0.6 is 0 Å². The zero-order valence-electron chi connectivity index (χ0n) is 10.9. The van der Waals surface area contributed by atoms with Gasteiger partial charge in [-0.3, -0.25) is 14.4 Å². The molecule has 0 radical (unpaired) electrons. The highest BCUT2D eigenvalue weighted by Crippen LogP contribution is 2.10. The third kappa shape index (κ3) is 3.73. The van der Waals surface area contributed by atoms with E-state index in [9.17, 15) is 13.6 Å². The van der Waals surface area contributed by atoms with Crippen molar-refractivity contribution in [3.05, 3.63) is 18.0 Å². The maximum Gasteiger partial charge on any atom is 0.315 e. The Hall–Kier alpha value is -1.50. The second-order valence-electron chi connectivity index (χ2n) is 4.78. The molecule has 0 saturated carbocycles. The SMILES string of the molecule is Cn1cc(CN2CCCN(C(=O)C(F)F)CC2)cn1. The van der Waals surface area contributed by atoms with Gasteiger partial charge in [0.15, 0.2) is 0 Å². The van der Waals surface area contributed by atoms with Crippen LogP contribution in [0.1, 0.15) is 12.0 Å². The molecule has 0 unspecified atom stereocenters. The van der Waals surface area contributed by atoms with E-state index in [2.05, 4.69) is 10.00 Å². The van der Waals surface area contributed by atoms with Crippen LogP contribution in [0, 0.1) is 0 Å². The average molecular weight is 272 g/mol. The molecule has 19 heavy (non-hydrogen) atoms. The average Bonchev–Trinajstić information content (AvgIpc) is 2.63. The molecule has 0 bridgehead atoms. The van der Waals surface area contributed by atoms with Crippen molar-refractivity contribution in [1.29, 1.82) is 0 Å². The fraction of sp³-hybridized carbons (Fsp3) is 0.667. The van der Waals surface area contributed by atoms with Gasteiger partial charge >= 0.3 is 6.43 Å². The van der Waals surface area contributed by atoms with Gasteiger partial charge in [0.05, 0.1) is 6.20 Å². The third-order valence-electron chi connectivity index (χ3n) is 3.25. The van der Waals surface area contributed by atoms with Crippen molar-refractivity contribution in [2.24, 2.45) is 7.05 Å². The van der Waals surface area contributed by atoms with E-state index in [1.165, 1.54) is 4.90 Å². The minimum absolute atomic E-state index is 0.365. The Balaban J connectivity index is 1.88. The third-order valence-corrected chi connectivity index (χ3v) is 3.25. The molecular weight excluding hydrogens is 254 g/mol. The van der Waals surface area contributed by atoms with Crippen molar-refractivity contribution in [3.63, 3.8) is 0 Å². The molecular formula is C12H18F2N4O. The van der Waals surface area contributed by atoms with E-state index in [1.807, 2.05) is 13.2 Å². The van der Waals surface area contributed by atoms with E-state index in [-0.39, 0.29) is 0 Å². The summed E-state index contributed by atoms with van der Waals surface area (Å²) in [4.78, 5) is 14.7. The lowest BCUT2D eigenvalue weighted by molar-refractivity contribution is -0.142. The number of carbonyl (C=O) groups is 1. The van der Waals surface area contributed by atoms with E-state index < -0.39 is 12.3 Å². The molecule has 0 aromatic carbocycles. The van der Waals surface area contributed by atoms with Crippen LogP contribution in [-0.2, 0) is 18.4 Å². The molecule has 1 fully saturated rings. The Morgan fingerprint density at radius 3 is 2.79 bits per heavy atom. The van der Waals surface area contributed by atoms with Crippen LogP contribution in [0.25, 0.3) is 0 Å².